The molecule has 1 aliphatic rings. The quantitative estimate of drug-likeness (QED) is 0.753. The second-order valence-corrected chi connectivity index (χ2v) is 5.66. The lowest BCUT2D eigenvalue weighted by Crippen LogP contribution is -2.47. The molecule has 1 fully saturated rings. The molecule has 1 saturated heterocycles. The second-order valence-electron chi connectivity index (χ2n) is 5.66. The summed E-state index contributed by atoms with van der Waals surface area (Å²) in [7, 11) is 0. The third-order valence-corrected chi connectivity index (χ3v) is 3.51. The molecule has 0 spiro atoms. The van der Waals surface area contributed by atoms with E-state index in [1.165, 1.54) is 45.4 Å². The molecule has 0 amide bonds. The summed E-state index contributed by atoms with van der Waals surface area (Å²) in [5, 5.41) is 3.54. The summed E-state index contributed by atoms with van der Waals surface area (Å²) in [6.07, 6.45) is 3.99. The Labute approximate surface area is 95.4 Å². The zero-order chi connectivity index (χ0) is 11.3. The molecule has 0 radical (unpaired) electrons. The zero-order valence-electron chi connectivity index (χ0n) is 11.0. The van der Waals surface area contributed by atoms with Gasteiger partial charge in [-0.3, -0.25) is 0 Å². The van der Waals surface area contributed by atoms with E-state index < -0.39 is 0 Å². The molecule has 15 heavy (non-hydrogen) atoms. The van der Waals surface area contributed by atoms with Gasteiger partial charge < -0.3 is 10.2 Å². The smallest absolute Gasteiger partial charge is 0.00502 e. The minimum Gasteiger partial charge on any atom is -0.316 e. The van der Waals surface area contributed by atoms with Crippen molar-refractivity contribution < 1.29 is 0 Å². The van der Waals surface area contributed by atoms with Crippen molar-refractivity contribution in [2.75, 3.05) is 26.2 Å². The van der Waals surface area contributed by atoms with Gasteiger partial charge in [-0.25, -0.2) is 0 Å². The van der Waals surface area contributed by atoms with Crippen molar-refractivity contribution in [3.05, 3.63) is 0 Å². The van der Waals surface area contributed by atoms with Gasteiger partial charge in [0.1, 0.15) is 0 Å². The molecule has 1 rings (SSSR count). The van der Waals surface area contributed by atoms with Crippen LogP contribution >= 0.6 is 0 Å². The SMILES string of the molecule is CCCN(CC1(C)CCCNC1)C(C)C. The van der Waals surface area contributed by atoms with Gasteiger partial charge in [0.15, 0.2) is 0 Å². The number of hydrogen-bond acceptors (Lipinski definition) is 2. The molecule has 0 aromatic heterocycles. The Bertz CT molecular complexity index is 171. The first-order chi connectivity index (χ1) is 7.07. The van der Waals surface area contributed by atoms with Crippen LogP contribution in [0.25, 0.3) is 0 Å². The highest BCUT2D eigenvalue weighted by atomic mass is 15.2. The van der Waals surface area contributed by atoms with Gasteiger partial charge in [0.05, 0.1) is 0 Å². The molecule has 1 atom stereocenters. The Balaban J connectivity index is 2.47. The summed E-state index contributed by atoms with van der Waals surface area (Å²) >= 11 is 0. The average molecular weight is 212 g/mol. The van der Waals surface area contributed by atoms with Gasteiger partial charge >= 0.3 is 0 Å². The standard InChI is InChI=1S/C13H28N2/c1-5-9-15(12(2)3)11-13(4)7-6-8-14-10-13/h12,14H,5-11H2,1-4H3. The maximum Gasteiger partial charge on any atom is 0.00502 e. The molecule has 0 saturated carbocycles. The molecule has 1 aliphatic heterocycles. The van der Waals surface area contributed by atoms with Gasteiger partial charge in [0.2, 0.25) is 0 Å². The zero-order valence-corrected chi connectivity index (χ0v) is 11.0. The highest BCUT2D eigenvalue weighted by Crippen LogP contribution is 2.27. The monoisotopic (exact) mass is 212 g/mol. The Hall–Kier alpha value is -0.0800. The molecule has 1 heterocycles. The summed E-state index contributed by atoms with van der Waals surface area (Å²) < 4.78 is 0. The van der Waals surface area contributed by atoms with Crippen LogP contribution in [0.2, 0.25) is 0 Å². The number of rotatable bonds is 5. The number of nitrogens with zero attached hydrogens (tertiary/aromatic N) is 1. The van der Waals surface area contributed by atoms with Gasteiger partial charge in [-0.2, -0.15) is 0 Å². The molecule has 0 aliphatic carbocycles. The highest BCUT2D eigenvalue weighted by Gasteiger charge is 2.29. The van der Waals surface area contributed by atoms with E-state index in [1.807, 2.05) is 0 Å². The maximum atomic E-state index is 3.54. The molecule has 0 aromatic rings. The van der Waals surface area contributed by atoms with Gasteiger partial charge in [-0.1, -0.05) is 13.8 Å². The largest absolute Gasteiger partial charge is 0.316 e. The van der Waals surface area contributed by atoms with Crippen molar-refractivity contribution >= 4 is 0 Å². The predicted molar refractivity (Wildman–Crippen MR) is 67.2 cm³/mol. The van der Waals surface area contributed by atoms with Crippen LogP contribution in [0.4, 0.5) is 0 Å². The second kappa shape index (κ2) is 5.86. The van der Waals surface area contributed by atoms with E-state index in [2.05, 4.69) is 37.9 Å². The van der Waals surface area contributed by atoms with Crippen LogP contribution < -0.4 is 5.32 Å². The summed E-state index contributed by atoms with van der Waals surface area (Å²) in [5.74, 6) is 0. The first-order valence-electron chi connectivity index (χ1n) is 6.52. The first kappa shape index (κ1) is 13.0. The minimum atomic E-state index is 0.498. The number of hydrogen-bond donors (Lipinski definition) is 1. The van der Waals surface area contributed by atoms with E-state index in [4.69, 9.17) is 0 Å². The van der Waals surface area contributed by atoms with Crippen LogP contribution in [0.1, 0.15) is 47.0 Å². The van der Waals surface area contributed by atoms with Gasteiger partial charge in [-0.05, 0) is 51.6 Å². The molecular formula is C13H28N2. The predicted octanol–water partition coefficient (Wildman–Crippen LogP) is 2.50. The van der Waals surface area contributed by atoms with E-state index in [1.54, 1.807) is 0 Å². The molecule has 1 N–H and O–H groups in total. The minimum absolute atomic E-state index is 0.498. The summed E-state index contributed by atoms with van der Waals surface area (Å²) in [6.45, 7) is 14.2. The van der Waals surface area contributed by atoms with Crippen LogP contribution in [0.5, 0.6) is 0 Å². The van der Waals surface area contributed by atoms with Crippen LogP contribution in [0.3, 0.4) is 0 Å². The lowest BCUT2D eigenvalue weighted by molar-refractivity contribution is 0.109. The van der Waals surface area contributed by atoms with Gasteiger partial charge in [0.25, 0.3) is 0 Å². The number of piperidine rings is 1. The lowest BCUT2D eigenvalue weighted by Gasteiger charge is -2.40. The van der Waals surface area contributed by atoms with Crippen LogP contribution in [-0.4, -0.2) is 37.1 Å². The molecule has 1 unspecified atom stereocenters. The Morgan fingerprint density at radius 3 is 2.60 bits per heavy atom. The lowest BCUT2D eigenvalue weighted by atomic mass is 9.82. The summed E-state index contributed by atoms with van der Waals surface area (Å²) in [6, 6.07) is 0.684. The molecular weight excluding hydrogens is 184 g/mol. The van der Waals surface area contributed by atoms with E-state index in [-0.39, 0.29) is 0 Å². The van der Waals surface area contributed by atoms with E-state index in [0.717, 1.165) is 0 Å². The van der Waals surface area contributed by atoms with E-state index in [0.29, 0.717) is 11.5 Å². The van der Waals surface area contributed by atoms with Crippen molar-refractivity contribution in [1.82, 2.24) is 10.2 Å². The first-order valence-corrected chi connectivity index (χ1v) is 6.52. The fourth-order valence-electron chi connectivity index (χ4n) is 2.55. The maximum absolute atomic E-state index is 3.54. The van der Waals surface area contributed by atoms with Crippen molar-refractivity contribution in [2.24, 2.45) is 5.41 Å². The fraction of sp³-hybridized carbons (Fsp3) is 1.00. The average Bonchev–Trinajstić information content (AvgIpc) is 2.18. The molecule has 2 heteroatoms. The van der Waals surface area contributed by atoms with E-state index in [9.17, 15) is 0 Å². The molecule has 2 nitrogen and oxygen atoms in total. The molecule has 0 bridgehead atoms. The normalized spacial score (nSPS) is 27.6. The van der Waals surface area contributed by atoms with Crippen molar-refractivity contribution in [3.8, 4) is 0 Å². The van der Waals surface area contributed by atoms with Crippen LogP contribution in [0.15, 0.2) is 0 Å². The van der Waals surface area contributed by atoms with Crippen LogP contribution in [-0.2, 0) is 0 Å². The third kappa shape index (κ3) is 4.12. The molecule has 0 aromatic carbocycles. The summed E-state index contributed by atoms with van der Waals surface area (Å²) in [5.41, 5.74) is 0.498. The van der Waals surface area contributed by atoms with E-state index >= 15 is 0 Å². The van der Waals surface area contributed by atoms with Crippen molar-refractivity contribution in [3.63, 3.8) is 0 Å². The Kier molecular flexibility index (Phi) is 5.07. The Morgan fingerprint density at radius 2 is 2.13 bits per heavy atom. The van der Waals surface area contributed by atoms with Crippen molar-refractivity contribution in [2.45, 2.75) is 53.0 Å². The van der Waals surface area contributed by atoms with Gasteiger partial charge in [0, 0.05) is 19.1 Å². The fourth-order valence-corrected chi connectivity index (χ4v) is 2.55. The topological polar surface area (TPSA) is 15.3 Å². The number of nitrogens with one attached hydrogen (secondary N) is 1. The van der Waals surface area contributed by atoms with Crippen molar-refractivity contribution in [1.29, 1.82) is 0 Å². The Morgan fingerprint density at radius 1 is 1.40 bits per heavy atom. The van der Waals surface area contributed by atoms with Crippen LogP contribution in [0, 0.1) is 5.41 Å². The summed E-state index contributed by atoms with van der Waals surface area (Å²) in [4.78, 5) is 2.63. The third-order valence-electron chi connectivity index (χ3n) is 3.51. The van der Waals surface area contributed by atoms with Gasteiger partial charge in [-0.15, -0.1) is 0 Å². The highest BCUT2D eigenvalue weighted by molar-refractivity contribution is 4.85. The molecule has 90 valence electrons.